The van der Waals surface area contributed by atoms with Crippen LogP contribution in [0.5, 0.6) is 5.75 Å². The van der Waals surface area contributed by atoms with Gasteiger partial charge in [0.15, 0.2) is 0 Å². The van der Waals surface area contributed by atoms with E-state index in [0.717, 1.165) is 25.7 Å². The van der Waals surface area contributed by atoms with Gasteiger partial charge in [-0.15, -0.1) is 0 Å². The van der Waals surface area contributed by atoms with Crippen molar-refractivity contribution < 1.29 is 19.1 Å². The second-order valence-electron chi connectivity index (χ2n) is 4.78. The first kappa shape index (κ1) is 13.6. The molecule has 0 radical (unpaired) electrons. The van der Waals surface area contributed by atoms with E-state index in [2.05, 4.69) is 0 Å². The first-order valence-corrected chi connectivity index (χ1v) is 6.64. The quantitative estimate of drug-likeness (QED) is 0.620. The van der Waals surface area contributed by atoms with Crippen molar-refractivity contribution in [1.82, 2.24) is 0 Å². The van der Waals surface area contributed by atoms with Crippen LogP contribution in [0.1, 0.15) is 49.4 Å². The second kappa shape index (κ2) is 6.36. The molecular formula is C15H18O4. The van der Waals surface area contributed by atoms with Crippen LogP contribution in [-0.2, 0) is 9.53 Å². The maximum Gasteiger partial charge on any atom is 0.338 e. The average Bonchev–Trinajstić information content (AvgIpc) is 2.40. The molecule has 0 aromatic heterocycles. The van der Waals surface area contributed by atoms with Gasteiger partial charge in [0.1, 0.15) is 11.9 Å². The van der Waals surface area contributed by atoms with E-state index in [0.29, 0.717) is 11.3 Å². The minimum atomic E-state index is -0.377. The van der Waals surface area contributed by atoms with Crippen LogP contribution in [0.25, 0.3) is 0 Å². The molecule has 0 aliphatic heterocycles. The number of ether oxygens (including phenoxy) is 2. The highest BCUT2D eigenvalue weighted by Crippen LogP contribution is 2.22. The number of esters is 2. The molecule has 1 fully saturated rings. The maximum atomic E-state index is 11.9. The Morgan fingerprint density at radius 2 is 1.68 bits per heavy atom. The van der Waals surface area contributed by atoms with Crippen molar-refractivity contribution in [2.45, 2.75) is 45.1 Å². The topological polar surface area (TPSA) is 52.6 Å². The Labute approximate surface area is 112 Å². The fourth-order valence-electron chi connectivity index (χ4n) is 2.23. The highest BCUT2D eigenvalue weighted by molar-refractivity contribution is 5.89. The van der Waals surface area contributed by atoms with E-state index in [1.807, 2.05) is 0 Å². The molecule has 0 spiro atoms. The Morgan fingerprint density at radius 3 is 2.26 bits per heavy atom. The van der Waals surface area contributed by atoms with Crippen LogP contribution >= 0.6 is 0 Å². The molecule has 0 saturated heterocycles. The summed E-state index contributed by atoms with van der Waals surface area (Å²) >= 11 is 0. The molecular weight excluding hydrogens is 244 g/mol. The summed E-state index contributed by atoms with van der Waals surface area (Å²) in [5, 5.41) is 0. The molecule has 1 aliphatic rings. The Balaban J connectivity index is 1.93. The number of carbonyl (C=O) groups is 2. The van der Waals surface area contributed by atoms with Crippen LogP contribution < -0.4 is 4.74 Å². The predicted octanol–water partition coefficient (Wildman–Crippen LogP) is 3.10. The van der Waals surface area contributed by atoms with Crippen molar-refractivity contribution >= 4 is 11.9 Å². The van der Waals surface area contributed by atoms with E-state index in [1.54, 1.807) is 24.3 Å². The van der Waals surface area contributed by atoms with Gasteiger partial charge in [-0.05, 0) is 49.9 Å². The van der Waals surface area contributed by atoms with Crippen LogP contribution in [0.4, 0.5) is 0 Å². The number of hydrogen-bond acceptors (Lipinski definition) is 4. The summed E-state index contributed by atoms with van der Waals surface area (Å²) in [6.07, 6.45) is 5.45. The van der Waals surface area contributed by atoms with E-state index in [1.165, 1.54) is 13.3 Å². The normalized spacial score (nSPS) is 15.8. The van der Waals surface area contributed by atoms with Crippen molar-refractivity contribution in [2.24, 2.45) is 0 Å². The molecule has 0 amide bonds. The third-order valence-electron chi connectivity index (χ3n) is 3.18. The summed E-state index contributed by atoms with van der Waals surface area (Å²) in [5.41, 5.74) is 0.487. The zero-order valence-corrected chi connectivity index (χ0v) is 11.1. The predicted molar refractivity (Wildman–Crippen MR) is 70.0 cm³/mol. The molecule has 2 rings (SSSR count). The van der Waals surface area contributed by atoms with Crippen LogP contribution in [0.2, 0.25) is 0 Å². The highest BCUT2D eigenvalue weighted by Gasteiger charge is 2.18. The maximum absolute atomic E-state index is 11.9. The molecule has 1 aromatic carbocycles. The number of carbonyl (C=O) groups excluding carboxylic acids is 2. The van der Waals surface area contributed by atoms with Gasteiger partial charge in [-0.3, -0.25) is 4.79 Å². The van der Waals surface area contributed by atoms with Gasteiger partial charge < -0.3 is 9.47 Å². The van der Waals surface area contributed by atoms with Gasteiger partial charge in [0, 0.05) is 6.92 Å². The molecule has 102 valence electrons. The summed E-state index contributed by atoms with van der Waals surface area (Å²) in [7, 11) is 0. The second-order valence-corrected chi connectivity index (χ2v) is 4.78. The highest BCUT2D eigenvalue weighted by atomic mass is 16.5. The average molecular weight is 262 g/mol. The van der Waals surface area contributed by atoms with E-state index in [4.69, 9.17) is 9.47 Å². The van der Waals surface area contributed by atoms with E-state index < -0.39 is 0 Å². The van der Waals surface area contributed by atoms with Gasteiger partial charge in [-0.1, -0.05) is 6.42 Å². The Hall–Kier alpha value is -1.84. The summed E-state index contributed by atoms with van der Waals surface area (Å²) in [4.78, 5) is 22.7. The number of hydrogen-bond donors (Lipinski definition) is 0. The summed E-state index contributed by atoms with van der Waals surface area (Å²) in [6, 6.07) is 6.42. The standard InChI is InChI=1S/C15H18O4/c1-11(16)18-14-9-7-12(8-10-14)15(17)19-13-5-3-2-4-6-13/h7-10,13H,2-6H2,1H3. The first-order valence-electron chi connectivity index (χ1n) is 6.64. The van der Waals surface area contributed by atoms with Crippen molar-refractivity contribution in [3.05, 3.63) is 29.8 Å². The molecule has 0 heterocycles. The minimum absolute atomic E-state index is 0.0504. The molecule has 4 nitrogen and oxygen atoms in total. The smallest absolute Gasteiger partial charge is 0.338 e. The monoisotopic (exact) mass is 262 g/mol. The van der Waals surface area contributed by atoms with Gasteiger partial charge >= 0.3 is 11.9 Å². The lowest BCUT2D eigenvalue weighted by Gasteiger charge is -2.21. The molecule has 0 unspecified atom stereocenters. The van der Waals surface area contributed by atoms with Crippen LogP contribution in [-0.4, -0.2) is 18.0 Å². The van der Waals surface area contributed by atoms with Crippen LogP contribution in [0, 0.1) is 0 Å². The van der Waals surface area contributed by atoms with E-state index in [-0.39, 0.29) is 18.0 Å². The fraction of sp³-hybridized carbons (Fsp3) is 0.467. The lowest BCUT2D eigenvalue weighted by Crippen LogP contribution is -2.20. The molecule has 0 N–H and O–H groups in total. The summed E-state index contributed by atoms with van der Waals surface area (Å²) < 4.78 is 10.4. The third-order valence-corrected chi connectivity index (χ3v) is 3.18. The summed E-state index contributed by atoms with van der Waals surface area (Å²) in [6.45, 7) is 1.34. The van der Waals surface area contributed by atoms with Crippen LogP contribution in [0.3, 0.4) is 0 Å². The minimum Gasteiger partial charge on any atom is -0.459 e. The molecule has 0 atom stereocenters. The van der Waals surface area contributed by atoms with Crippen molar-refractivity contribution in [1.29, 1.82) is 0 Å². The van der Waals surface area contributed by atoms with Crippen molar-refractivity contribution in [3.8, 4) is 5.75 Å². The molecule has 1 aliphatic carbocycles. The van der Waals surface area contributed by atoms with Gasteiger partial charge in [-0.2, -0.15) is 0 Å². The van der Waals surface area contributed by atoms with Gasteiger partial charge in [0.25, 0.3) is 0 Å². The molecule has 19 heavy (non-hydrogen) atoms. The van der Waals surface area contributed by atoms with Gasteiger partial charge in [0.2, 0.25) is 0 Å². The Morgan fingerprint density at radius 1 is 1.05 bits per heavy atom. The number of rotatable bonds is 3. The van der Waals surface area contributed by atoms with Gasteiger partial charge in [-0.25, -0.2) is 4.79 Å². The largest absolute Gasteiger partial charge is 0.459 e. The third kappa shape index (κ3) is 4.09. The lowest BCUT2D eigenvalue weighted by molar-refractivity contribution is -0.131. The molecule has 1 aromatic rings. The first-order chi connectivity index (χ1) is 9.15. The van der Waals surface area contributed by atoms with Gasteiger partial charge in [0.05, 0.1) is 5.56 Å². The molecule has 0 bridgehead atoms. The Kier molecular flexibility index (Phi) is 4.55. The van der Waals surface area contributed by atoms with Crippen molar-refractivity contribution in [2.75, 3.05) is 0 Å². The SMILES string of the molecule is CC(=O)Oc1ccc(C(=O)OC2CCCCC2)cc1. The fourth-order valence-corrected chi connectivity index (χ4v) is 2.23. The van der Waals surface area contributed by atoms with E-state index >= 15 is 0 Å². The lowest BCUT2D eigenvalue weighted by atomic mass is 9.98. The zero-order chi connectivity index (χ0) is 13.7. The number of benzene rings is 1. The zero-order valence-electron chi connectivity index (χ0n) is 11.1. The Bertz CT molecular complexity index is 444. The summed E-state index contributed by atoms with van der Waals surface area (Å²) in [5.74, 6) is -0.250. The van der Waals surface area contributed by atoms with Crippen LogP contribution in [0.15, 0.2) is 24.3 Å². The molecule has 4 heteroatoms. The van der Waals surface area contributed by atoms with Crippen molar-refractivity contribution in [3.63, 3.8) is 0 Å². The molecule has 1 saturated carbocycles. The van der Waals surface area contributed by atoms with E-state index in [9.17, 15) is 9.59 Å².